The first-order valence-electron chi connectivity index (χ1n) is 11.9. The minimum absolute atomic E-state index is 0.0471. The quantitative estimate of drug-likeness (QED) is 0.225. The van der Waals surface area contributed by atoms with Crippen molar-refractivity contribution in [2.75, 3.05) is 17.6 Å². The maximum absolute atomic E-state index is 13.4. The van der Waals surface area contributed by atoms with Crippen LogP contribution in [0.15, 0.2) is 76.7 Å². The summed E-state index contributed by atoms with van der Waals surface area (Å²) in [6.07, 6.45) is 0.859. The van der Waals surface area contributed by atoms with E-state index >= 15 is 0 Å². The highest BCUT2D eigenvalue weighted by Crippen LogP contribution is 2.24. The van der Waals surface area contributed by atoms with Gasteiger partial charge in [-0.1, -0.05) is 60.6 Å². The van der Waals surface area contributed by atoms with Gasteiger partial charge in [-0.15, -0.1) is 0 Å². The Morgan fingerprint density at radius 1 is 1.05 bits per heavy atom. The van der Waals surface area contributed by atoms with Crippen molar-refractivity contribution in [2.45, 2.75) is 32.0 Å². The Kier molecular flexibility index (Phi) is 8.63. The number of hydrogen-bond acceptors (Lipinski definition) is 5. The maximum atomic E-state index is 13.4. The highest BCUT2D eigenvalue weighted by atomic mass is 35.5. The number of amides is 2. The first-order chi connectivity index (χ1) is 17.9. The van der Waals surface area contributed by atoms with Crippen LogP contribution >= 0.6 is 23.4 Å². The molecule has 3 aromatic carbocycles. The van der Waals surface area contributed by atoms with E-state index in [9.17, 15) is 14.4 Å². The summed E-state index contributed by atoms with van der Waals surface area (Å²) in [4.78, 5) is 43.0. The lowest BCUT2D eigenvalue weighted by Gasteiger charge is -2.14. The van der Waals surface area contributed by atoms with Crippen molar-refractivity contribution in [1.29, 1.82) is 0 Å². The van der Waals surface area contributed by atoms with E-state index < -0.39 is 0 Å². The lowest BCUT2D eigenvalue weighted by molar-refractivity contribution is -0.113. The minimum Gasteiger partial charge on any atom is -0.352 e. The van der Waals surface area contributed by atoms with Crippen LogP contribution in [0, 0.1) is 6.92 Å². The lowest BCUT2D eigenvalue weighted by Crippen LogP contribution is -2.25. The number of fused-ring (bicyclic) bond motifs is 1. The van der Waals surface area contributed by atoms with Crippen molar-refractivity contribution in [3.63, 3.8) is 0 Å². The van der Waals surface area contributed by atoms with Crippen molar-refractivity contribution in [1.82, 2.24) is 14.9 Å². The Labute approximate surface area is 224 Å². The Morgan fingerprint density at radius 2 is 1.81 bits per heavy atom. The molecule has 0 aliphatic rings. The lowest BCUT2D eigenvalue weighted by atomic mass is 10.1. The highest BCUT2D eigenvalue weighted by molar-refractivity contribution is 7.99. The van der Waals surface area contributed by atoms with Crippen molar-refractivity contribution >= 4 is 51.8 Å². The second-order valence-electron chi connectivity index (χ2n) is 8.58. The summed E-state index contributed by atoms with van der Waals surface area (Å²) in [5.74, 6) is -0.341. The Hall–Kier alpha value is -3.62. The largest absolute Gasteiger partial charge is 0.352 e. The molecule has 0 saturated heterocycles. The second kappa shape index (κ2) is 12.1. The number of thioether (sulfide) groups is 1. The Bertz CT molecular complexity index is 1500. The third-order valence-electron chi connectivity index (χ3n) is 5.65. The van der Waals surface area contributed by atoms with Gasteiger partial charge < -0.3 is 10.6 Å². The number of benzene rings is 3. The van der Waals surface area contributed by atoms with Crippen molar-refractivity contribution < 1.29 is 9.59 Å². The van der Waals surface area contributed by atoms with Gasteiger partial charge in [0.25, 0.3) is 11.5 Å². The minimum atomic E-state index is -0.257. The SMILES string of the molecule is CCCNC(=O)c1ccc(Cn2c(SCC(=O)Nc3ccc(C)cc3Cl)nc3ccccc3c2=O)cc1. The van der Waals surface area contributed by atoms with Gasteiger partial charge in [-0.2, -0.15) is 0 Å². The van der Waals surface area contributed by atoms with E-state index in [4.69, 9.17) is 11.6 Å². The van der Waals surface area contributed by atoms with E-state index in [1.165, 1.54) is 11.8 Å². The molecule has 2 amide bonds. The Balaban J connectivity index is 1.56. The number of aryl methyl sites for hydroxylation is 1. The molecule has 0 fully saturated rings. The van der Waals surface area contributed by atoms with Crippen molar-refractivity contribution in [3.05, 3.63) is 98.8 Å². The van der Waals surface area contributed by atoms with Crippen molar-refractivity contribution in [3.8, 4) is 0 Å². The summed E-state index contributed by atoms with van der Waals surface area (Å²) in [7, 11) is 0. The van der Waals surface area contributed by atoms with E-state index in [0.29, 0.717) is 38.9 Å². The molecule has 0 aliphatic heterocycles. The molecule has 0 atom stereocenters. The van der Waals surface area contributed by atoms with Gasteiger partial charge in [-0.25, -0.2) is 4.98 Å². The molecule has 190 valence electrons. The van der Waals surface area contributed by atoms with Gasteiger partial charge in [0.1, 0.15) is 0 Å². The predicted octanol–water partition coefficient (Wildman–Crippen LogP) is 5.28. The van der Waals surface area contributed by atoms with Gasteiger partial charge in [0.05, 0.1) is 33.9 Å². The monoisotopic (exact) mass is 534 g/mol. The molecule has 0 unspecified atom stereocenters. The second-order valence-corrected chi connectivity index (χ2v) is 9.93. The molecule has 0 saturated carbocycles. The van der Waals surface area contributed by atoms with Gasteiger partial charge in [0.15, 0.2) is 5.16 Å². The summed E-state index contributed by atoms with van der Waals surface area (Å²) >= 11 is 7.43. The smallest absolute Gasteiger partial charge is 0.262 e. The van der Waals surface area contributed by atoms with Gasteiger partial charge >= 0.3 is 0 Å². The highest BCUT2D eigenvalue weighted by Gasteiger charge is 2.15. The number of carbonyl (C=O) groups excluding carboxylic acids is 2. The summed E-state index contributed by atoms with van der Waals surface area (Å²) in [6.45, 7) is 4.78. The summed E-state index contributed by atoms with van der Waals surface area (Å²) in [5.41, 5.74) is 3.29. The van der Waals surface area contributed by atoms with Gasteiger partial charge in [-0.05, 0) is 60.9 Å². The topological polar surface area (TPSA) is 93.1 Å². The number of aromatic nitrogens is 2. The maximum Gasteiger partial charge on any atom is 0.262 e. The molecule has 4 aromatic rings. The number of hydrogen-bond donors (Lipinski definition) is 2. The first kappa shape index (κ1) is 26.4. The van der Waals surface area contributed by atoms with Gasteiger partial charge in [0.2, 0.25) is 5.91 Å². The molecule has 0 bridgehead atoms. The van der Waals surface area contributed by atoms with Crippen LogP contribution in [0.2, 0.25) is 5.02 Å². The fraction of sp³-hybridized carbons (Fsp3) is 0.214. The van der Waals surface area contributed by atoms with Crippen LogP contribution in [0.1, 0.15) is 34.8 Å². The Morgan fingerprint density at radius 3 is 2.54 bits per heavy atom. The molecule has 0 aliphatic carbocycles. The molecule has 1 heterocycles. The summed E-state index contributed by atoms with van der Waals surface area (Å²) < 4.78 is 1.56. The van der Waals surface area contributed by atoms with Crippen LogP contribution in [0.25, 0.3) is 10.9 Å². The standard InChI is InChI=1S/C28H27ClN4O3S/c1-3-14-30-26(35)20-11-9-19(10-12-20)16-33-27(36)21-6-4-5-7-23(21)32-28(33)37-17-25(34)31-24-13-8-18(2)15-22(24)29/h4-13,15H,3,14,16-17H2,1-2H3,(H,30,35)(H,31,34). The zero-order valence-electron chi connectivity index (χ0n) is 20.6. The van der Waals surface area contributed by atoms with Crippen LogP contribution < -0.4 is 16.2 Å². The number of nitrogens with zero attached hydrogens (tertiary/aromatic N) is 2. The molecule has 0 radical (unpaired) electrons. The molecular weight excluding hydrogens is 508 g/mol. The van der Waals surface area contributed by atoms with Crippen molar-refractivity contribution in [2.24, 2.45) is 0 Å². The number of nitrogens with one attached hydrogen (secondary N) is 2. The summed E-state index contributed by atoms with van der Waals surface area (Å²) in [5, 5.41) is 7.06. The molecule has 9 heteroatoms. The number of halogens is 1. The number of rotatable bonds is 9. The molecule has 4 rings (SSSR count). The molecule has 1 aromatic heterocycles. The van der Waals surface area contributed by atoms with E-state index in [-0.39, 0.29) is 29.7 Å². The van der Waals surface area contributed by atoms with Crippen LogP contribution in [-0.2, 0) is 11.3 Å². The molecule has 0 spiro atoms. The first-order valence-corrected chi connectivity index (χ1v) is 13.3. The van der Waals surface area contributed by atoms with Gasteiger partial charge in [-0.3, -0.25) is 19.0 Å². The molecule has 2 N–H and O–H groups in total. The number of carbonyl (C=O) groups is 2. The average molecular weight is 535 g/mol. The molecular formula is C28H27ClN4O3S. The van der Waals surface area contributed by atoms with E-state index in [2.05, 4.69) is 15.6 Å². The zero-order chi connectivity index (χ0) is 26.4. The number of anilines is 1. The van der Waals surface area contributed by atoms with Gasteiger partial charge in [0, 0.05) is 12.1 Å². The van der Waals surface area contributed by atoms with E-state index in [0.717, 1.165) is 17.5 Å². The molecule has 37 heavy (non-hydrogen) atoms. The third-order valence-corrected chi connectivity index (χ3v) is 6.94. The average Bonchev–Trinajstić information content (AvgIpc) is 2.90. The number of para-hydroxylation sites is 1. The predicted molar refractivity (Wildman–Crippen MR) is 150 cm³/mol. The van der Waals surface area contributed by atoms with Crippen LogP contribution in [-0.4, -0.2) is 33.7 Å². The van der Waals surface area contributed by atoms with E-state index in [1.54, 1.807) is 47.0 Å². The fourth-order valence-electron chi connectivity index (χ4n) is 3.72. The van der Waals surface area contributed by atoms with Crippen LogP contribution in [0.5, 0.6) is 0 Å². The molecule has 7 nitrogen and oxygen atoms in total. The normalized spacial score (nSPS) is 10.9. The van der Waals surface area contributed by atoms with Crippen LogP contribution in [0.4, 0.5) is 5.69 Å². The fourth-order valence-corrected chi connectivity index (χ4v) is 4.80. The van der Waals surface area contributed by atoms with Crippen LogP contribution in [0.3, 0.4) is 0 Å². The van der Waals surface area contributed by atoms with E-state index in [1.807, 2.05) is 38.1 Å². The summed E-state index contributed by atoms with van der Waals surface area (Å²) in [6, 6.07) is 19.7. The zero-order valence-corrected chi connectivity index (χ0v) is 22.2. The third kappa shape index (κ3) is 6.58.